The monoisotopic (exact) mass is 293 g/mol. The molecule has 2 aliphatic rings. The van der Waals surface area contributed by atoms with Gasteiger partial charge in [0.1, 0.15) is 0 Å². The number of nitrogens with one attached hydrogen (secondary N) is 1. The lowest BCUT2D eigenvalue weighted by Gasteiger charge is -2.11. The number of halogens is 1. The average molecular weight is 293 g/mol. The van der Waals surface area contributed by atoms with Crippen LogP contribution in [0.4, 0.5) is 0 Å². The van der Waals surface area contributed by atoms with Crippen LogP contribution in [-0.2, 0) is 4.79 Å². The zero-order chi connectivity index (χ0) is 9.26. The Morgan fingerprint density at radius 2 is 2.00 bits per heavy atom. The summed E-state index contributed by atoms with van der Waals surface area (Å²) >= 11 is 2.34. The highest BCUT2D eigenvalue weighted by Gasteiger charge is 2.47. The van der Waals surface area contributed by atoms with Crippen molar-refractivity contribution in [1.82, 2.24) is 5.32 Å². The molecule has 74 valence electrons. The van der Waals surface area contributed by atoms with Gasteiger partial charge in [0.15, 0.2) is 0 Å². The summed E-state index contributed by atoms with van der Waals surface area (Å²) in [6, 6.07) is 0. The molecule has 0 aromatic heterocycles. The first-order chi connectivity index (χ1) is 6.31. The van der Waals surface area contributed by atoms with Crippen molar-refractivity contribution in [1.29, 1.82) is 0 Å². The lowest BCUT2D eigenvalue weighted by molar-refractivity contribution is -0.125. The number of hydrogen-bond donors (Lipinski definition) is 1. The number of carbonyl (C=O) groups excluding carboxylic acids is 1. The summed E-state index contributed by atoms with van der Waals surface area (Å²) in [5.41, 5.74) is 0. The third-order valence-electron chi connectivity index (χ3n) is 3.22. The summed E-state index contributed by atoms with van der Waals surface area (Å²) in [6.45, 7) is 0.869. The Labute approximate surface area is 93.0 Å². The smallest absolute Gasteiger partial charge is 0.223 e. The molecule has 0 heterocycles. The van der Waals surface area contributed by atoms with Crippen molar-refractivity contribution in [3.8, 4) is 0 Å². The maximum atomic E-state index is 11.6. The third kappa shape index (κ3) is 2.36. The fourth-order valence-corrected chi connectivity index (χ4v) is 2.73. The van der Waals surface area contributed by atoms with Gasteiger partial charge in [-0.2, -0.15) is 0 Å². The third-order valence-corrected chi connectivity index (χ3v) is 3.99. The van der Waals surface area contributed by atoms with E-state index in [0.717, 1.165) is 29.2 Å². The molecular weight excluding hydrogens is 277 g/mol. The molecule has 0 aromatic rings. The SMILES string of the molecule is O=C(NCCCI)C1CC2CC2C1. The molecule has 2 fully saturated rings. The Morgan fingerprint density at radius 3 is 2.62 bits per heavy atom. The quantitative estimate of drug-likeness (QED) is 0.479. The molecule has 2 atom stereocenters. The maximum absolute atomic E-state index is 11.6. The molecule has 0 bridgehead atoms. The second-order valence-electron chi connectivity index (χ2n) is 4.26. The standard InChI is InChI=1S/C10H16INO/c11-2-1-3-12-10(13)9-5-7-4-8(7)6-9/h7-9H,1-6H2,(H,12,13). The van der Waals surface area contributed by atoms with Crippen molar-refractivity contribution in [2.24, 2.45) is 17.8 Å². The summed E-state index contributed by atoms with van der Waals surface area (Å²) in [7, 11) is 0. The van der Waals surface area contributed by atoms with E-state index in [2.05, 4.69) is 27.9 Å². The predicted molar refractivity (Wildman–Crippen MR) is 60.8 cm³/mol. The van der Waals surface area contributed by atoms with Gasteiger partial charge < -0.3 is 5.32 Å². The molecule has 0 aromatic carbocycles. The maximum Gasteiger partial charge on any atom is 0.223 e. The lowest BCUT2D eigenvalue weighted by Crippen LogP contribution is -2.30. The van der Waals surface area contributed by atoms with E-state index < -0.39 is 0 Å². The largest absolute Gasteiger partial charge is 0.356 e. The second kappa shape index (κ2) is 4.15. The molecule has 0 saturated heterocycles. The van der Waals surface area contributed by atoms with Crippen LogP contribution in [0.5, 0.6) is 0 Å². The zero-order valence-corrected chi connectivity index (χ0v) is 9.92. The summed E-state index contributed by atoms with van der Waals surface area (Å²) in [5.74, 6) is 2.51. The van der Waals surface area contributed by atoms with E-state index in [1.807, 2.05) is 0 Å². The van der Waals surface area contributed by atoms with E-state index in [0.29, 0.717) is 11.8 Å². The van der Waals surface area contributed by atoms with Crippen LogP contribution in [-0.4, -0.2) is 16.9 Å². The number of amides is 1. The van der Waals surface area contributed by atoms with Crippen LogP contribution in [0.25, 0.3) is 0 Å². The Morgan fingerprint density at radius 1 is 1.31 bits per heavy atom. The van der Waals surface area contributed by atoms with Crippen molar-refractivity contribution in [2.75, 3.05) is 11.0 Å². The molecule has 3 heteroatoms. The number of rotatable bonds is 4. The van der Waals surface area contributed by atoms with Crippen molar-refractivity contribution in [3.63, 3.8) is 0 Å². The molecule has 2 unspecified atom stereocenters. The van der Waals surface area contributed by atoms with E-state index in [-0.39, 0.29) is 0 Å². The molecule has 2 aliphatic carbocycles. The Balaban J connectivity index is 1.66. The van der Waals surface area contributed by atoms with Crippen molar-refractivity contribution in [3.05, 3.63) is 0 Å². The first kappa shape index (κ1) is 9.74. The Kier molecular flexibility index (Phi) is 3.11. The van der Waals surface area contributed by atoms with Gasteiger partial charge in [-0.25, -0.2) is 0 Å². The van der Waals surface area contributed by atoms with E-state index in [4.69, 9.17) is 0 Å². The van der Waals surface area contributed by atoms with Crippen molar-refractivity contribution >= 4 is 28.5 Å². The molecule has 2 nitrogen and oxygen atoms in total. The second-order valence-corrected chi connectivity index (χ2v) is 5.34. The van der Waals surface area contributed by atoms with Gasteiger partial charge in [-0.1, -0.05) is 22.6 Å². The number of hydrogen-bond acceptors (Lipinski definition) is 1. The summed E-state index contributed by atoms with van der Waals surface area (Å²) in [6.07, 6.45) is 4.84. The van der Waals surface area contributed by atoms with E-state index >= 15 is 0 Å². The molecule has 0 spiro atoms. The van der Waals surface area contributed by atoms with Crippen molar-refractivity contribution < 1.29 is 4.79 Å². The van der Waals surface area contributed by atoms with Gasteiger partial charge in [-0.3, -0.25) is 4.79 Å². The Hall–Kier alpha value is 0.200. The molecular formula is C10H16INO. The van der Waals surface area contributed by atoms with Crippen molar-refractivity contribution in [2.45, 2.75) is 25.7 Å². The average Bonchev–Trinajstić information content (AvgIpc) is 2.74. The summed E-state index contributed by atoms with van der Waals surface area (Å²) in [5, 5.41) is 3.02. The van der Waals surface area contributed by atoms with Crippen LogP contribution in [0.1, 0.15) is 25.7 Å². The molecule has 1 N–H and O–H groups in total. The molecule has 0 aliphatic heterocycles. The number of fused-ring (bicyclic) bond motifs is 1. The minimum Gasteiger partial charge on any atom is -0.356 e. The molecule has 0 radical (unpaired) electrons. The van der Waals surface area contributed by atoms with Crippen LogP contribution in [0.3, 0.4) is 0 Å². The first-order valence-electron chi connectivity index (χ1n) is 5.15. The fraction of sp³-hybridized carbons (Fsp3) is 0.900. The van der Waals surface area contributed by atoms with Crippen LogP contribution in [0, 0.1) is 17.8 Å². The van der Waals surface area contributed by atoms with Crippen LogP contribution in [0.15, 0.2) is 0 Å². The molecule has 2 rings (SSSR count). The minimum atomic E-state index is 0.317. The van der Waals surface area contributed by atoms with Crippen LogP contribution < -0.4 is 5.32 Å². The van der Waals surface area contributed by atoms with Crippen LogP contribution >= 0.6 is 22.6 Å². The summed E-state index contributed by atoms with van der Waals surface area (Å²) in [4.78, 5) is 11.6. The molecule has 13 heavy (non-hydrogen) atoms. The highest BCUT2D eigenvalue weighted by Crippen LogP contribution is 2.54. The highest BCUT2D eigenvalue weighted by molar-refractivity contribution is 14.1. The van der Waals surface area contributed by atoms with Gasteiger partial charge in [0.2, 0.25) is 5.91 Å². The normalized spacial score (nSPS) is 35.6. The van der Waals surface area contributed by atoms with E-state index in [9.17, 15) is 4.79 Å². The van der Waals surface area contributed by atoms with Gasteiger partial charge in [0.05, 0.1) is 0 Å². The van der Waals surface area contributed by atoms with Gasteiger partial charge in [-0.05, 0) is 37.5 Å². The highest BCUT2D eigenvalue weighted by atomic mass is 127. The minimum absolute atomic E-state index is 0.317. The van der Waals surface area contributed by atoms with Gasteiger partial charge in [0, 0.05) is 16.9 Å². The number of alkyl halides is 1. The van der Waals surface area contributed by atoms with E-state index in [1.165, 1.54) is 19.3 Å². The Bertz CT molecular complexity index is 197. The first-order valence-corrected chi connectivity index (χ1v) is 6.67. The van der Waals surface area contributed by atoms with Gasteiger partial charge >= 0.3 is 0 Å². The summed E-state index contributed by atoms with van der Waals surface area (Å²) < 4.78 is 1.13. The fourth-order valence-electron chi connectivity index (χ4n) is 2.35. The van der Waals surface area contributed by atoms with Gasteiger partial charge in [0.25, 0.3) is 0 Å². The van der Waals surface area contributed by atoms with E-state index in [1.54, 1.807) is 0 Å². The number of carbonyl (C=O) groups is 1. The topological polar surface area (TPSA) is 29.1 Å². The van der Waals surface area contributed by atoms with Gasteiger partial charge in [-0.15, -0.1) is 0 Å². The molecule has 2 saturated carbocycles. The predicted octanol–water partition coefficient (Wildman–Crippen LogP) is 1.97. The van der Waals surface area contributed by atoms with Crippen LogP contribution in [0.2, 0.25) is 0 Å². The lowest BCUT2D eigenvalue weighted by atomic mass is 10.0. The molecule has 1 amide bonds. The zero-order valence-electron chi connectivity index (χ0n) is 7.76.